The maximum absolute atomic E-state index is 5.26. The molecule has 2 heterocycles. The van der Waals surface area contributed by atoms with Crippen molar-refractivity contribution in [3.05, 3.63) is 24.5 Å². The molecule has 0 atom stereocenters. The molecule has 1 saturated heterocycles. The van der Waals surface area contributed by atoms with Gasteiger partial charge in [-0.3, -0.25) is 4.90 Å². The van der Waals surface area contributed by atoms with E-state index < -0.39 is 0 Å². The van der Waals surface area contributed by atoms with Gasteiger partial charge in [0.15, 0.2) is 0 Å². The van der Waals surface area contributed by atoms with Gasteiger partial charge < -0.3 is 9.30 Å². The zero-order chi connectivity index (χ0) is 11.7. The van der Waals surface area contributed by atoms with Crippen molar-refractivity contribution in [1.29, 1.82) is 0 Å². The molecule has 1 aliphatic heterocycles. The van der Waals surface area contributed by atoms with Crippen LogP contribution in [-0.4, -0.2) is 34.7 Å². The van der Waals surface area contributed by atoms with E-state index in [1.54, 1.807) is 7.11 Å². The smallest absolute Gasteiger partial charge is 0.121 e. The number of benzene rings is 1. The molecule has 1 aliphatic rings. The SMILES string of the molecule is COc1ccc2ncn(CN3CCCC3)c2c1. The Morgan fingerprint density at radius 1 is 1.29 bits per heavy atom. The first-order valence-corrected chi connectivity index (χ1v) is 6.08. The normalized spacial score (nSPS) is 16.8. The van der Waals surface area contributed by atoms with E-state index in [4.69, 9.17) is 4.74 Å². The number of likely N-dealkylation sites (tertiary alicyclic amines) is 1. The maximum atomic E-state index is 5.26. The molecule has 17 heavy (non-hydrogen) atoms. The lowest BCUT2D eigenvalue weighted by Gasteiger charge is -2.15. The number of hydrogen-bond acceptors (Lipinski definition) is 3. The largest absolute Gasteiger partial charge is 0.497 e. The number of ether oxygens (including phenoxy) is 1. The second-order valence-electron chi connectivity index (χ2n) is 4.54. The summed E-state index contributed by atoms with van der Waals surface area (Å²) in [4.78, 5) is 6.88. The van der Waals surface area contributed by atoms with Crippen LogP contribution in [-0.2, 0) is 6.67 Å². The van der Waals surface area contributed by atoms with Crippen molar-refractivity contribution in [2.75, 3.05) is 20.2 Å². The quantitative estimate of drug-likeness (QED) is 0.810. The summed E-state index contributed by atoms with van der Waals surface area (Å²) in [5, 5.41) is 0. The van der Waals surface area contributed by atoms with E-state index in [2.05, 4.69) is 20.5 Å². The number of methoxy groups -OCH3 is 1. The fourth-order valence-corrected chi connectivity index (χ4v) is 2.42. The first-order chi connectivity index (χ1) is 8.36. The van der Waals surface area contributed by atoms with Crippen molar-refractivity contribution in [2.45, 2.75) is 19.5 Å². The average Bonchev–Trinajstić information content (AvgIpc) is 2.99. The summed E-state index contributed by atoms with van der Waals surface area (Å²) in [6.07, 6.45) is 4.55. The van der Waals surface area contributed by atoms with E-state index in [1.807, 2.05) is 18.5 Å². The molecule has 1 aromatic heterocycles. The van der Waals surface area contributed by atoms with E-state index in [1.165, 1.54) is 25.9 Å². The van der Waals surface area contributed by atoms with Crippen molar-refractivity contribution >= 4 is 11.0 Å². The Labute approximate surface area is 101 Å². The molecule has 90 valence electrons. The Balaban J connectivity index is 1.92. The molecule has 1 fully saturated rings. The summed E-state index contributed by atoms with van der Waals surface area (Å²) < 4.78 is 7.46. The van der Waals surface area contributed by atoms with Crippen molar-refractivity contribution in [3.8, 4) is 5.75 Å². The molecular formula is C13H17N3O. The Bertz CT molecular complexity index is 514. The van der Waals surface area contributed by atoms with Crippen molar-refractivity contribution in [1.82, 2.24) is 14.5 Å². The van der Waals surface area contributed by atoms with Crippen LogP contribution in [0.15, 0.2) is 24.5 Å². The monoisotopic (exact) mass is 231 g/mol. The number of nitrogens with zero attached hydrogens (tertiary/aromatic N) is 3. The fourth-order valence-electron chi connectivity index (χ4n) is 2.42. The van der Waals surface area contributed by atoms with Crippen molar-refractivity contribution in [2.24, 2.45) is 0 Å². The zero-order valence-electron chi connectivity index (χ0n) is 10.1. The lowest BCUT2D eigenvalue weighted by molar-refractivity contribution is 0.274. The fraction of sp³-hybridized carbons (Fsp3) is 0.462. The van der Waals surface area contributed by atoms with Crippen LogP contribution < -0.4 is 4.74 Å². The van der Waals surface area contributed by atoms with Gasteiger partial charge >= 0.3 is 0 Å². The molecule has 0 bridgehead atoms. The second kappa shape index (κ2) is 4.37. The topological polar surface area (TPSA) is 30.3 Å². The van der Waals surface area contributed by atoms with E-state index >= 15 is 0 Å². The minimum absolute atomic E-state index is 0.890. The second-order valence-corrected chi connectivity index (χ2v) is 4.54. The molecule has 0 aliphatic carbocycles. The van der Waals surface area contributed by atoms with Crippen LogP contribution in [0.3, 0.4) is 0 Å². The van der Waals surface area contributed by atoms with Gasteiger partial charge in [0, 0.05) is 6.07 Å². The maximum Gasteiger partial charge on any atom is 0.121 e. The standard InChI is InChI=1S/C13H17N3O/c1-17-11-4-5-12-13(8-11)16(9-14-12)10-15-6-2-3-7-15/h4-5,8-9H,2-3,6-7,10H2,1H3. The Morgan fingerprint density at radius 2 is 2.12 bits per heavy atom. The van der Waals surface area contributed by atoms with Gasteiger partial charge in [0.25, 0.3) is 0 Å². The highest BCUT2D eigenvalue weighted by Crippen LogP contribution is 2.20. The predicted octanol–water partition coefficient (Wildman–Crippen LogP) is 2.10. The van der Waals surface area contributed by atoms with E-state index in [-0.39, 0.29) is 0 Å². The zero-order valence-corrected chi connectivity index (χ0v) is 10.1. The molecule has 4 nitrogen and oxygen atoms in total. The van der Waals surface area contributed by atoms with Gasteiger partial charge in [-0.15, -0.1) is 0 Å². The van der Waals surface area contributed by atoms with E-state index in [0.717, 1.165) is 23.5 Å². The molecule has 0 saturated carbocycles. The molecule has 0 amide bonds. The lowest BCUT2D eigenvalue weighted by Crippen LogP contribution is -2.22. The van der Waals surface area contributed by atoms with Crippen LogP contribution in [0.4, 0.5) is 0 Å². The van der Waals surface area contributed by atoms with Gasteiger partial charge in [0.1, 0.15) is 5.75 Å². The molecule has 1 aromatic carbocycles. The van der Waals surface area contributed by atoms with Crippen molar-refractivity contribution < 1.29 is 4.74 Å². The number of imidazole rings is 1. The van der Waals surface area contributed by atoms with Gasteiger partial charge in [-0.1, -0.05) is 0 Å². The first kappa shape index (κ1) is 10.6. The molecular weight excluding hydrogens is 214 g/mol. The highest BCUT2D eigenvalue weighted by Gasteiger charge is 2.13. The highest BCUT2D eigenvalue weighted by atomic mass is 16.5. The Morgan fingerprint density at radius 3 is 2.88 bits per heavy atom. The van der Waals surface area contributed by atoms with Crippen LogP contribution in [0, 0.1) is 0 Å². The first-order valence-electron chi connectivity index (χ1n) is 6.08. The third-order valence-corrected chi connectivity index (χ3v) is 3.38. The predicted molar refractivity (Wildman–Crippen MR) is 67.1 cm³/mol. The number of fused-ring (bicyclic) bond motifs is 1. The highest BCUT2D eigenvalue weighted by molar-refractivity contribution is 5.76. The molecule has 2 aromatic rings. The summed E-state index contributed by atoms with van der Waals surface area (Å²) in [6.45, 7) is 3.33. The Hall–Kier alpha value is -1.55. The molecule has 0 N–H and O–H groups in total. The molecule has 4 heteroatoms. The van der Waals surface area contributed by atoms with Crippen LogP contribution in [0.2, 0.25) is 0 Å². The van der Waals surface area contributed by atoms with Gasteiger partial charge in [0.05, 0.1) is 31.1 Å². The number of aromatic nitrogens is 2. The summed E-state index contributed by atoms with van der Waals surface area (Å²) >= 11 is 0. The van der Waals surface area contributed by atoms with Crippen LogP contribution in [0.25, 0.3) is 11.0 Å². The van der Waals surface area contributed by atoms with Gasteiger partial charge in [0.2, 0.25) is 0 Å². The van der Waals surface area contributed by atoms with Crippen LogP contribution in [0.1, 0.15) is 12.8 Å². The van der Waals surface area contributed by atoms with Gasteiger partial charge in [-0.25, -0.2) is 4.98 Å². The van der Waals surface area contributed by atoms with E-state index in [9.17, 15) is 0 Å². The number of rotatable bonds is 3. The molecule has 0 unspecified atom stereocenters. The summed E-state index contributed by atoms with van der Waals surface area (Å²) in [7, 11) is 1.70. The summed E-state index contributed by atoms with van der Waals surface area (Å²) in [5.41, 5.74) is 2.18. The third kappa shape index (κ3) is 2.00. The van der Waals surface area contributed by atoms with Crippen LogP contribution in [0.5, 0.6) is 5.75 Å². The Kier molecular flexibility index (Phi) is 2.73. The van der Waals surface area contributed by atoms with Gasteiger partial charge in [-0.05, 0) is 38.1 Å². The minimum atomic E-state index is 0.890. The third-order valence-electron chi connectivity index (χ3n) is 3.38. The lowest BCUT2D eigenvalue weighted by atomic mass is 10.3. The van der Waals surface area contributed by atoms with Gasteiger partial charge in [-0.2, -0.15) is 0 Å². The van der Waals surface area contributed by atoms with Crippen LogP contribution >= 0.6 is 0 Å². The average molecular weight is 231 g/mol. The molecule has 0 spiro atoms. The molecule has 0 radical (unpaired) electrons. The summed E-state index contributed by atoms with van der Waals surface area (Å²) in [5.74, 6) is 0.890. The van der Waals surface area contributed by atoms with Crippen molar-refractivity contribution in [3.63, 3.8) is 0 Å². The molecule has 3 rings (SSSR count). The van der Waals surface area contributed by atoms with E-state index in [0.29, 0.717) is 0 Å². The number of hydrogen-bond donors (Lipinski definition) is 0. The summed E-state index contributed by atoms with van der Waals surface area (Å²) in [6, 6.07) is 6.02. The minimum Gasteiger partial charge on any atom is -0.497 e.